The molecule has 0 aliphatic heterocycles. The third-order valence-electron chi connectivity index (χ3n) is 4.48. The summed E-state index contributed by atoms with van der Waals surface area (Å²) in [5, 5.41) is 0. The van der Waals surface area contributed by atoms with E-state index in [9.17, 15) is 19.2 Å². The Labute approximate surface area is 209 Å². The molecule has 0 saturated carbocycles. The number of carbonyl (C=O) groups excluding carboxylic acids is 4. The number of hydrogen-bond donors (Lipinski definition) is 0. The molecule has 10 nitrogen and oxygen atoms in total. The van der Waals surface area contributed by atoms with Gasteiger partial charge in [0.25, 0.3) is 11.6 Å². The van der Waals surface area contributed by atoms with Gasteiger partial charge in [0.05, 0.1) is 52.9 Å². The highest BCUT2D eigenvalue weighted by Gasteiger charge is 2.17. The quantitative estimate of drug-likeness (QED) is 0.122. The zero-order valence-electron chi connectivity index (χ0n) is 19.9. The number of carbonyl (C=O) groups is 4. The van der Waals surface area contributed by atoms with Gasteiger partial charge in [0.1, 0.15) is 13.2 Å². The second-order valence-corrected chi connectivity index (χ2v) is 7.11. The lowest BCUT2D eigenvalue weighted by Crippen LogP contribution is -2.20. The molecule has 10 heteroatoms. The zero-order valence-corrected chi connectivity index (χ0v) is 19.9. The normalized spacial score (nSPS) is 10.6. The lowest BCUT2D eigenvalue weighted by Gasteiger charge is -2.08. The van der Waals surface area contributed by atoms with Gasteiger partial charge in [-0.1, -0.05) is 60.7 Å². The minimum absolute atomic E-state index is 0.0247. The van der Waals surface area contributed by atoms with Crippen LogP contribution in [0.1, 0.15) is 20.7 Å². The van der Waals surface area contributed by atoms with E-state index in [1.54, 1.807) is 60.7 Å². The number of rotatable bonds is 19. The molecule has 0 spiro atoms. The highest BCUT2D eigenvalue weighted by molar-refractivity contribution is 6.41. The summed E-state index contributed by atoms with van der Waals surface area (Å²) >= 11 is 0. The van der Waals surface area contributed by atoms with E-state index >= 15 is 0 Å². The molecular formula is C26H30O10. The number of hydrogen-bond acceptors (Lipinski definition) is 10. The SMILES string of the molecule is O=C(OCCOCCOCCOCCOCCOC(=O)C(=O)c1ccccc1)C(=O)c1ccccc1. The van der Waals surface area contributed by atoms with Crippen LogP contribution >= 0.6 is 0 Å². The Morgan fingerprint density at radius 2 is 0.694 bits per heavy atom. The molecule has 2 rings (SSSR count). The molecule has 0 heterocycles. The fourth-order valence-electron chi connectivity index (χ4n) is 2.69. The second-order valence-electron chi connectivity index (χ2n) is 7.11. The van der Waals surface area contributed by atoms with Crippen molar-refractivity contribution in [3.63, 3.8) is 0 Å². The van der Waals surface area contributed by atoms with Crippen molar-refractivity contribution < 1.29 is 47.6 Å². The minimum atomic E-state index is -0.915. The molecule has 0 unspecified atom stereocenters. The fraction of sp³-hybridized carbons (Fsp3) is 0.385. The molecular weight excluding hydrogens is 472 g/mol. The van der Waals surface area contributed by atoms with E-state index in [0.29, 0.717) is 39.6 Å². The number of ketones is 2. The van der Waals surface area contributed by atoms with Crippen LogP contribution in [0.3, 0.4) is 0 Å². The van der Waals surface area contributed by atoms with Crippen LogP contribution in [-0.4, -0.2) is 89.6 Å². The van der Waals surface area contributed by atoms with Crippen molar-refractivity contribution in [1.29, 1.82) is 0 Å². The maximum absolute atomic E-state index is 11.8. The van der Waals surface area contributed by atoms with Crippen LogP contribution in [0.4, 0.5) is 0 Å². The van der Waals surface area contributed by atoms with E-state index in [1.807, 2.05) is 0 Å². The average molecular weight is 503 g/mol. The van der Waals surface area contributed by atoms with Crippen LogP contribution in [-0.2, 0) is 38.0 Å². The minimum Gasteiger partial charge on any atom is -0.457 e. The van der Waals surface area contributed by atoms with Gasteiger partial charge in [-0.25, -0.2) is 9.59 Å². The van der Waals surface area contributed by atoms with Gasteiger partial charge in [-0.15, -0.1) is 0 Å². The first kappa shape index (κ1) is 28.8. The molecule has 2 aromatic rings. The maximum atomic E-state index is 11.8. The van der Waals surface area contributed by atoms with Crippen molar-refractivity contribution in [2.45, 2.75) is 0 Å². The fourth-order valence-corrected chi connectivity index (χ4v) is 2.69. The van der Waals surface area contributed by atoms with Gasteiger partial charge in [0.15, 0.2) is 0 Å². The van der Waals surface area contributed by atoms with Gasteiger partial charge >= 0.3 is 11.9 Å². The number of benzene rings is 2. The summed E-state index contributed by atoms with van der Waals surface area (Å²) in [7, 11) is 0. The Morgan fingerprint density at radius 1 is 0.417 bits per heavy atom. The van der Waals surface area contributed by atoms with E-state index in [-0.39, 0.29) is 37.6 Å². The van der Waals surface area contributed by atoms with Crippen LogP contribution in [0.15, 0.2) is 60.7 Å². The van der Waals surface area contributed by atoms with Crippen LogP contribution < -0.4 is 0 Å². The highest BCUT2D eigenvalue weighted by Crippen LogP contribution is 2.02. The molecule has 0 bridgehead atoms. The largest absolute Gasteiger partial charge is 0.457 e. The van der Waals surface area contributed by atoms with Crippen LogP contribution in [0.25, 0.3) is 0 Å². The van der Waals surface area contributed by atoms with Crippen LogP contribution in [0, 0.1) is 0 Å². The Bertz CT molecular complexity index is 853. The molecule has 194 valence electrons. The van der Waals surface area contributed by atoms with Crippen molar-refractivity contribution in [2.75, 3.05) is 66.1 Å². The maximum Gasteiger partial charge on any atom is 0.379 e. The van der Waals surface area contributed by atoms with E-state index in [1.165, 1.54) is 0 Å². The summed E-state index contributed by atoms with van der Waals surface area (Å²) in [6.45, 7) is 2.27. The number of esters is 2. The van der Waals surface area contributed by atoms with Gasteiger partial charge in [-0.05, 0) is 0 Å². The molecule has 0 aliphatic rings. The van der Waals surface area contributed by atoms with Crippen LogP contribution in [0.2, 0.25) is 0 Å². The Morgan fingerprint density at radius 3 is 1.00 bits per heavy atom. The van der Waals surface area contributed by atoms with Gasteiger partial charge in [0.2, 0.25) is 0 Å². The van der Waals surface area contributed by atoms with Gasteiger partial charge < -0.3 is 28.4 Å². The third-order valence-corrected chi connectivity index (χ3v) is 4.48. The standard InChI is InChI=1S/C26H30O10/c27-23(21-7-3-1-4-8-21)25(29)35-19-17-33-15-13-31-11-12-32-14-16-34-18-20-36-26(30)24(28)22-9-5-2-6-10-22/h1-10H,11-20H2. The number of ether oxygens (including phenoxy) is 6. The zero-order chi connectivity index (χ0) is 25.8. The Kier molecular flexibility index (Phi) is 14.3. The van der Waals surface area contributed by atoms with Gasteiger partial charge in [-0.2, -0.15) is 0 Å². The molecule has 0 aromatic heterocycles. The summed E-state index contributed by atoms with van der Waals surface area (Å²) < 4.78 is 31.0. The topological polar surface area (TPSA) is 124 Å². The van der Waals surface area contributed by atoms with E-state index < -0.39 is 23.5 Å². The van der Waals surface area contributed by atoms with Gasteiger partial charge in [0, 0.05) is 11.1 Å². The predicted molar refractivity (Wildman–Crippen MR) is 127 cm³/mol. The molecule has 0 N–H and O–H groups in total. The molecule has 36 heavy (non-hydrogen) atoms. The van der Waals surface area contributed by atoms with E-state index in [0.717, 1.165) is 0 Å². The van der Waals surface area contributed by atoms with Crippen molar-refractivity contribution >= 4 is 23.5 Å². The van der Waals surface area contributed by atoms with Crippen LogP contribution in [0.5, 0.6) is 0 Å². The van der Waals surface area contributed by atoms with Crippen molar-refractivity contribution in [3.05, 3.63) is 71.8 Å². The second kappa shape index (κ2) is 17.9. The van der Waals surface area contributed by atoms with Crippen molar-refractivity contribution in [3.8, 4) is 0 Å². The summed E-state index contributed by atoms with van der Waals surface area (Å²) in [6, 6.07) is 16.4. The molecule has 0 radical (unpaired) electrons. The van der Waals surface area contributed by atoms with E-state index in [2.05, 4.69) is 0 Å². The lowest BCUT2D eigenvalue weighted by atomic mass is 10.1. The van der Waals surface area contributed by atoms with E-state index in [4.69, 9.17) is 28.4 Å². The molecule has 2 aromatic carbocycles. The third kappa shape index (κ3) is 11.8. The summed E-state index contributed by atoms with van der Waals surface area (Å²) in [6.07, 6.45) is 0. The summed E-state index contributed by atoms with van der Waals surface area (Å²) in [5.74, 6) is -3.21. The highest BCUT2D eigenvalue weighted by atomic mass is 16.6. The molecule has 0 atom stereocenters. The monoisotopic (exact) mass is 502 g/mol. The first-order valence-electron chi connectivity index (χ1n) is 11.4. The van der Waals surface area contributed by atoms with Gasteiger partial charge in [-0.3, -0.25) is 9.59 Å². The van der Waals surface area contributed by atoms with Crippen molar-refractivity contribution in [2.24, 2.45) is 0 Å². The Hall–Kier alpha value is -3.44. The summed E-state index contributed by atoms with van der Waals surface area (Å²) in [4.78, 5) is 47.0. The predicted octanol–water partition coefficient (Wildman–Crippen LogP) is 1.91. The first-order chi connectivity index (χ1) is 17.6. The van der Waals surface area contributed by atoms with Crippen molar-refractivity contribution in [1.82, 2.24) is 0 Å². The smallest absolute Gasteiger partial charge is 0.379 e. The number of Topliss-reactive ketones (excluding diaryl/α,β-unsaturated/α-hetero) is 2. The molecule has 0 fully saturated rings. The Balaban J connectivity index is 1.32. The molecule has 0 amide bonds. The average Bonchev–Trinajstić information content (AvgIpc) is 2.92. The molecule has 0 saturated heterocycles. The lowest BCUT2D eigenvalue weighted by molar-refractivity contribution is -0.140. The first-order valence-corrected chi connectivity index (χ1v) is 11.4. The molecule has 0 aliphatic carbocycles. The summed E-state index contributed by atoms with van der Waals surface area (Å²) in [5.41, 5.74) is 0.562.